The first-order valence-electron chi connectivity index (χ1n) is 14.3. The number of aliphatic hydroxyl groups excluding tert-OH is 1. The van der Waals surface area contributed by atoms with Crippen LogP contribution in [0, 0.1) is 19.7 Å². The van der Waals surface area contributed by atoms with Crippen LogP contribution in [0.4, 0.5) is 15.9 Å². The van der Waals surface area contributed by atoms with E-state index in [9.17, 15) is 9.18 Å². The summed E-state index contributed by atoms with van der Waals surface area (Å²) in [7, 11) is 0. The van der Waals surface area contributed by atoms with Crippen LogP contribution < -0.4 is 21.3 Å². The second-order valence-electron chi connectivity index (χ2n) is 10.8. The van der Waals surface area contributed by atoms with Gasteiger partial charge in [0, 0.05) is 48.2 Å². The van der Waals surface area contributed by atoms with Gasteiger partial charge in [0.1, 0.15) is 11.6 Å². The normalized spacial score (nSPS) is 17.0. The van der Waals surface area contributed by atoms with E-state index in [1.807, 2.05) is 36.7 Å². The van der Waals surface area contributed by atoms with Crippen LogP contribution in [-0.2, 0) is 17.6 Å². The van der Waals surface area contributed by atoms with E-state index in [0.29, 0.717) is 18.5 Å². The Morgan fingerprint density at radius 2 is 1.79 bits per heavy atom. The Labute approximate surface area is 256 Å². The zero-order valence-corrected chi connectivity index (χ0v) is 25.7. The first kappa shape index (κ1) is 32.1. The van der Waals surface area contributed by atoms with Crippen molar-refractivity contribution in [2.75, 3.05) is 30.0 Å². The highest BCUT2D eigenvalue weighted by Gasteiger charge is 2.25. The molecule has 2 atom stereocenters. The minimum atomic E-state index is -0.269. The lowest BCUT2D eigenvalue weighted by Crippen LogP contribution is -2.54. The fourth-order valence-electron chi connectivity index (χ4n) is 5.55. The molecule has 0 bridgehead atoms. The Balaban J connectivity index is 0.000000193. The quantitative estimate of drug-likeness (QED) is 0.195. The van der Waals surface area contributed by atoms with Crippen molar-refractivity contribution in [2.24, 2.45) is 5.73 Å². The third-order valence-corrected chi connectivity index (χ3v) is 7.80. The van der Waals surface area contributed by atoms with Crippen molar-refractivity contribution in [1.29, 1.82) is 0 Å². The predicted octanol–water partition coefficient (Wildman–Crippen LogP) is 4.78. The highest BCUT2D eigenvalue weighted by Crippen LogP contribution is 2.38. The van der Waals surface area contributed by atoms with Gasteiger partial charge in [0.15, 0.2) is 0 Å². The molecular formula is C32H39ClFN7O2. The molecule has 2 unspecified atom stereocenters. The van der Waals surface area contributed by atoms with E-state index in [0.717, 1.165) is 70.7 Å². The number of aryl methyl sites for hydroxylation is 3. The van der Waals surface area contributed by atoms with E-state index in [4.69, 9.17) is 16.7 Å². The van der Waals surface area contributed by atoms with Gasteiger partial charge in [0.2, 0.25) is 6.41 Å². The van der Waals surface area contributed by atoms with Crippen molar-refractivity contribution in [3.63, 3.8) is 0 Å². The van der Waals surface area contributed by atoms with E-state index >= 15 is 0 Å². The molecule has 5 N–H and O–H groups in total. The van der Waals surface area contributed by atoms with Crippen LogP contribution >= 0.6 is 11.6 Å². The molecular weight excluding hydrogens is 569 g/mol. The number of aliphatic hydroxyl groups is 1. The van der Waals surface area contributed by atoms with E-state index in [1.165, 1.54) is 23.3 Å². The molecule has 0 saturated carbocycles. The largest absolute Gasteiger partial charge is 0.382 e. The summed E-state index contributed by atoms with van der Waals surface area (Å²) >= 11 is 5.98. The van der Waals surface area contributed by atoms with Crippen molar-refractivity contribution >= 4 is 29.5 Å². The summed E-state index contributed by atoms with van der Waals surface area (Å²) in [5, 5.41) is 19.0. The van der Waals surface area contributed by atoms with Crippen LogP contribution in [0.1, 0.15) is 36.2 Å². The Kier molecular flexibility index (Phi) is 10.9. The molecule has 6 rings (SSSR count). The van der Waals surface area contributed by atoms with E-state index in [2.05, 4.69) is 51.3 Å². The SMILES string of the molecule is Cc1cc(N2CC(C)NC(C)C2)ncc1Cl.Cc1nn(-c2ccc(F)cc2)c2c1CCc1ccc(NC=O)cc1-2.NCO. The number of piperazine rings is 1. The van der Waals surface area contributed by atoms with Gasteiger partial charge in [-0.25, -0.2) is 14.1 Å². The molecule has 1 aliphatic heterocycles. The highest BCUT2D eigenvalue weighted by atomic mass is 35.5. The zero-order valence-electron chi connectivity index (χ0n) is 24.9. The van der Waals surface area contributed by atoms with Crippen molar-refractivity contribution in [3.05, 3.63) is 88.0 Å². The van der Waals surface area contributed by atoms with Crippen LogP contribution in [0.2, 0.25) is 5.02 Å². The lowest BCUT2D eigenvalue weighted by Gasteiger charge is -2.37. The minimum absolute atomic E-state index is 0.250. The number of rotatable bonds is 4. The molecule has 0 spiro atoms. The Hall–Kier alpha value is -3.83. The molecule has 4 aromatic rings. The summed E-state index contributed by atoms with van der Waals surface area (Å²) in [5.41, 5.74) is 12.6. The molecule has 1 aliphatic carbocycles. The topological polar surface area (TPSA) is 121 Å². The number of carbonyl (C=O) groups excluding carboxylic acids is 1. The van der Waals surface area contributed by atoms with Crippen molar-refractivity contribution in [2.45, 2.75) is 52.6 Å². The zero-order chi connectivity index (χ0) is 31.1. The predicted molar refractivity (Wildman–Crippen MR) is 170 cm³/mol. The summed E-state index contributed by atoms with van der Waals surface area (Å²) in [6.07, 6.45) is 4.28. The number of nitrogens with zero attached hydrogens (tertiary/aromatic N) is 4. The number of benzene rings is 2. The number of hydrogen-bond acceptors (Lipinski definition) is 7. The molecule has 2 aliphatic rings. The van der Waals surface area contributed by atoms with Crippen LogP contribution in [0.3, 0.4) is 0 Å². The Morgan fingerprint density at radius 1 is 1.12 bits per heavy atom. The van der Waals surface area contributed by atoms with Crippen LogP contribution in [-0.4, -0.2) is 58.2 Å². The molecule has 228 valence electrons. The van der Waals surface area contributed by atoms with Gasteiger partial charge in [-0.15, -0.1) is 0 Å². The number of nitrogens with two attached hydrogens (primary N) is 1. The summed E-state index contributed by atoms with van der Waals surface area (Å²) in [6.45, 7) is 10.2. The lowest BCUT2D eigenvalue weighted by atomic mass is 9.88. The molecule has 0 radical (unpaired) electrons. The lowest BCUT2D eigenvalue weighted by molar-refractivity contribution is -0.105. The van der Waals surface area contributed by atoms with Gasteiger partial charge in [-0.3, -0.25) is 4.79 Å². The number of anilines is 2. The van der Waals surface area contributed by atoms with Crippen LogP contribution in [0.5, 0.6) is 0 Å². The Bertz CT molecular complexity index is 1530. The van der Waals surface area contributed by atoms with Crippen LogP contribution in [0.15, 0.2) is 54.7 Å². The summed E-state index contributed by atoms with van der Waals surface area (Å²) in [5.74, 6) is 0.761. The summed E-state index contributed by atoms with van der Waals surface area (Å²) in [4.78, 5) is 17.5. The number of aromatic nitrogens is 3. The van der Waals surface area contributed by atoms with Gasteiger partial charge < -0.3 is 26.4 Å². The van der Waals surface area contributed by atoms with Gasteiger partial charge in [-0.05, 0) is 94.1 Å². The summed E-state index contributed by atoms with van der Waals surface area (Å²) < 4.78 is 15.1. The van der Waals surface area contributed by atoms with Crippen LogP contribution in [0.25, 0.3) is 16.9 Å². The number of amides is 1. The standard InChI is InChI=1S/C19H16FN3O.C12H18ClN3.CH5NO/c1-12-17-9-3-13-2-6-15(21-11-24)10-18(13)19(17)23(22-12)16-7-4-14(20)5-8-16;1-8-4-12(14-5-11(8)13)16-6-9(2)15-10(3)7-16;2-1-3/h2,4-8,10-11H,3,9H2,1H3,(H,21,24);4-5,9-10,15H,6-7H2,1-3H3;3H,1-2H2. The molecule has 2 aromatic carbocycles. The van der Waals surface area contributed by atoms with Crippen molar-refractivity contribution < 1.29 is 14.3 Å². The maximum absolute atomic E-state index is 13.3. The molecule has 11 heteroatoms. The number of pyridine rings is 1. The van der Waals surface area contributed by atoms with Gasteiger partial charge in [-0.2, -0.15) is 5.10 Å². The molecule has 3 heterocycles. The fourth-order valence-corrected chi connectivity index (χ4v) is 5.65. The van der Waals surface area contributed by atoms with Gasteiger partial charge in [0.25, 0.3) is 0 Å². The molecule has 43 heavy (non-hydrogen) atoms. The number of halogens is 2. The van der Waals surface area contributed by atoms with Gasteiger partial charge in [-0.1, -0.05) is 17.7 Å². The van der Waals surface area contributed by atoms with E-state index in [-0.39, 0.29) is 12.5 Å². The van der Waals surface area contributed by atoms with Gasteiger partial charge >= 0.3 is 0 Å². The van der Waals surface area contributed by atoms with E-state index < -0.39 is 0 Å². The molecule has 1 saturated heterocycles. The average Bonchev–Trinajstić information content (AvgIpc) is 3.32. The second-order valence-corrected chi connectivity index (χ2v) is 11.2. The molecule has 1 amide bonds. The van der Waals surface area contributed by atoms with Crippen molar-refractivity contribution in [3.8, 4) is 16.9 Å². The Morgan fingerprint density at radius 3 is 2.42 bits per heavy atom. The third-order valence-electron chi connectivity index (χ3n) is 7.40. The monoisotopic (exact) mass is 607 g/mol. The smallest absolute Gasteiger partial charge is 0.211 e. The fraction of sp³-hybridized carbons (Fsp3) is 0.344. The first-order valence-corrected chi connectivity index (χ1v) is 14.6. The maximum Gasteiger partial charge on any atom is 0.211 e. The summed E-state index contributed by atoms with van der Waals surface area (Å²) in [6, 6.07) is 15.3. The number of fused-ring (bicyclic) bond motifs is 3. The number of nitrogens with one attached hydrogen (secondary N) is 2. The molecule has 2 aromatic heterocycles. The first-order chi connectivity index (χ1) is 20.6. The van der Waals surface area contributed by atoms with Crippen molar-refractivity contribution in [1.82, 2.24) is 20.1 Å². The molecule has 9 nitrogen and oxygen atoms in total. The number of hydrogen-bond donors (Lipinski definition) is 4. The number of carbonyl (C=O) groups is 1. The van der Waals surface area contributed by atoms with Gasteiger partial charge in [0.05, 0.1) is 28.8 Å². The maximum atomic E-state index is 13.3. The second kappa shape index (κ2) is 14.6. The minimum Gasteiger partial charge on any atom is -0.382 e. The molecule has 1 fully saturated rings. The van der Waals surface area contributed by atoms with E-state index in [1.54, 1.807) is 18.3 Å². The highest BCUT2D eigenvalue weighted by molar-refractivity contribution is 6.31. The average molecular weight is 608 g/mol. The third kappa shape index (κ3) is 7.77.